The molecule has 0 saturated carbocycles. The van der Waals surface area contributed by atoms with Gasteiger partial charge in [-0.25, -0.2) is 4.79 Å². The van der Waals surface area contributed by atoms with Gasteiger partial charge in [-0.05, 0) is 24.0 Å². The maximum Gasteiger partial charge on any atom is 0.342 e. The molecule has 262 valence electrons. The quantitative estimate of drug-likeness (QED) is 0.129. The number of aromatic carboxylic acids is 1. The molecule has 1 fully saturated rings. The number of carboxylic acids is 1. The first-order valence-corrected chi connectivity index (χ1v) is 15.3. The highest BCUT2D eigenvalue weighted by Crippen LogP contribution is 2.37. The Labute approximate surface area is 286 Å². The van der Waals surface area contributed by atoms with Crippen molar-refractivity contribution in [3.8, 4) is 23.0 Å². The lowest BCUT2D eigenvalue weighted by atomic mass is 10.1. The second kappa shape index (κ2) is 17.3. The third-order valence-corrected chi connectivity index (χ3v) is 7.74. The predicted molar refractivity (Wildman–Crippen MR) is 179 cm³/mol. The van der Waals surface area contributed by atoms with E-state index in [-0.39, 0.29) is 60.1 Å². The maximum absolute atomic E-state index is 13.0. The normalized spacial score (nSPS) is 13.4. The lowest BCUT2D eigenvalue weighted by Gasteiger charge is -2.23. The van der Waals surface area contributed by atoms with E-state index in [2.05, 4.69) is 0 Å². The molecule has 0 unspecified atom stereocenters. The second-order valence-electron chi connectivity index (χ2n) is 10.9. The number of hydrogen-bond donors (Lipinski definition) is 2. The first kappa shape index (κ1) is 36.6. The Morgan fingerprint density at radius 1 is 0.760 bits per heavy atom. The van der Waals surface area contributed by atoms with Crippen LogP contribution in [0.2, 0.25) is 0 Å². The van der Waals surface area contributed by atoms with Gasteiger partial charge in [-0.3, -0.25) is 25.0 Å². The van der Waals surface area contributed by atoms with Gasteiger partial charge >= 0.3 is 5.97 Å². The number of hydrogen-bond acceptors (Lipinski definition) is 11. The van der Waals surface area contributed by atoms with Crippen molar-refractivity contribution in [2.24, 2.45) is 0 Å². The van der Waals surface area contributed by atoms with Gasteiger partial charge in [0.2, 0.25) is 0 Å². The molecule has 1 saturated heterocycles. The van der Waals surface area contributed by atoms with Gasteiger partial charge in [0.25, 0.3) is 17.3 Å². The number of carbonyl (C=O) groups excluding carboxylic acids is 1. The molecule has 1 heterocycles. The van der Waals surface area contributed by atoms with Crippen molar-refractivity contribution < 1.29 is 48.6 Å². The fourth-order valence-electron chi connectivity index (χ4n) is 5.21. The molecule has 15 heteroatoms. The van der Waals surface area contributed by atoms with Gasteiger partial charge in [-0.15, -0.1) is 0 Å². The minimum Gasteiger partial charge on any atom is -0.493 e. The number of benzene rings is 4. The van der Waals surface area contributed by atoms with Crippen LogP contribution in [-0.2, 0) is 13.2 Å². The minimum atomic E-state index is -1.40. The van der Waals surface area contributed by atoms with Crippen molar-refractivity contribution >= 4 is 23.3 Å². The summed E-state index contributed by atoms with van der Waals surface area (Å²) in [6, 6.07) is 23.0. The van der Waals surface area contributed by atoms with E-state index in [1.54, 1.807) is 0 Å². The number of carboxylic acid groups (broad SMARTS) is 1. The number of methoxy groups -OCH3 is 2. The summed E-state index contributed by atoms with van der Waals surface area (Å²) in [7, 11) is 2.72. The Balaban J connectivity index is 0.000000232. The fraction of sp³-hybridized carbons (Fsp3) is 0.257. The molecule has 1 amide bonds. The molecule has 1 aliphatic heterocycles. The van der Waals surface area contributed by atoms with Gasteiger partial charge in [0.15, 0.2) is 23.0 Å². The minimum absolute atomic E-state index is 0.0748. The number of nitro benzene ring substituents is 2. The van der Waals surface area contributed by atoms with Gasteiger partial charge in [0.1, 0.15) is 24.3 Å². The highest BCUT2D eigenvalue weighted by molar-refractivity contribution is 5.99. The van der Waals surface area contributed by atoms with Gasteiger partial charge in [0.05, 0.1) is 48.8 Å². The Hall–Kier alpha value is -6.22. The molecule has 0 aromatic heterocycles. The van der Waals surface area contributed by atoms with Crippen LogP contribution in [0.3, 0.4) is 0 Å². The van der Waals surface area contributed by atoms with Crippen molar-refractivity contribution in [1.82, 2.24) is 4.90 Å². The third kappa shape index (κ3) is 9.02. The van der Waals surface area contributed by atoms with Crippen LogP contribution >= 0.6 is 0 Å². The summed E-state index contributed by atoms with van der Waals surface area (Å²) in [5.74, 6) is -1.23. The first-order valence-electron chi connectivity index (χ1n) is 15.3. The molecule has 0 bridgehead atoms. The van der Waals surface area contributed by atoms with Crippen LogP contribution in [0, 0.1) is 20.2 Å². The van der Waals surface area contributed by atoms with E-state index in [9.17, 15) is 34.9 Å². The highest BCUT2D eigenvalue weighted by atomic mass is 16.6. The van der Waals surface area contributed by atoms with Crippen LogP contribution in [0.4, 0.5) is 11.4 Å². The number of aliphatic hydroxyl groups excluding tert-OH is 1. The summed E-state index contributed by atoms with van der Waals surface area (Å²) in [6.07, 6.45) is 1.42. The molecule has 5 rings (SSSR count). The van der Waals surface area contributed by atoms with Crippen molar-refractivity contribution in [3.05, 3.63) is 127 Å². The number of nitrogens with zero attached hydrogens (tertiary/aromatic N) is 3. The van der Waals surface area contributed by atoms with Gasteiger partial charge < -0.3 is 34.1 Å². The number of amides is 1. The Kier molecular flexibility index (Phi) is 12.6. The Morgan fingerprint density at radius 2 is 1.22 bits per heavy atom. The first-order chi connectivity index (χ1) is 24.1. The number of aliphatic hydroxyl groups is 1. The summed E-state index contributed by atoms with van der Waals surface area (Å²) < 4.78 is 21.6. The van der Waals surface area contributed by atoms with Crippen LogP contribution < -0.4 is 18.9 Å². The van der Waals surface area contributed by atoms with Crippen LogP contribution in [0.1, 0.15) is 44.7 Å². The average Bonchev–Trinajstić information content (AvgIpc) is 3.62. The highest BCUT2D eigenvalue weighted by Gasteiger charge is 2.34. The predicted octanol–water partition coefficient (Wildman–Crippen LogP) is 5.66. The standard InChI is InChI=1S/C20H22N2O6.C15H13NO6/c1-27-18-11-17(22(25)26)16(20(24)21-9-5-8-15(21)12-23)10-19(18)28-13-14-6-3-2-4-7-14;1-21-13-8-12(16(19)20)11(15(17)18)7-14(13)22-9-10-5-3-2-4-6-10/h2-4,6-7,10-11,15,23H,5,8-9,12-13H2,1H3;2-8H,9H2,1H3,(H,17,18)/t15-;/m0./s1. The summed E-state index contributed by atoms with van der Waals surface area (Å²) in [5.41, 5.74) is 0.368. The summed E-state index contributed by atoms with van der Waals surface area (Å²) in [6.45, 7) is 0.695. The zero-order chi connectivity index (χ0) is 36.2. The number of nitro groups is 2. The topological polar surface area (TPSA) is 201 Å². The van der Waals surface area contributed by atoms with Gasteiger partial charge in [0, 0.05) is 18.7 Å². The number of rotatable bonds is 13. The summed E-state index contributed by atoms with van der Waals surface area (Å²) >= 11 is 0. The largest absolute Gasteiger partial charge is 0.493 e. The average molecular weight is 690 g/mol. The summed E-state index contributed by atoms with van der Waals surface area (Å²) in [4.78, 5) is 46.7. The smallest absolute Gasteiger partial charge is 0.342 e. The van der Waals surface area contributed by atoms with Gasteiger partial charge in [-0.1, -0.05) is 60.7 Å². The van der Waals surface area contributed by atoms with Crippen molar-refractivity contribution in [1.29, 1.82) is 0 Å². The number of likely N-dealkylation sites (tertiary alicyclic amines) is 1. The molecule has 4 aromatic carbocycles. The van der Waals surface area contributed by atoms with Crippen LogP contribution in [0.15, 0.2) is 84.9 Å². The van der Waals surface area contributed by atoms with E-state index in [4.69, 9.17) is 24.1 Å². The third-order valence-electron chi connectivity index (χ3n) is 7.74. The van der Waals surface area contributed by atoms with E-state index in [0.29, 0.717) is 13.0 Å². The summed E-state index contributed by atoms with van der Waals surface area (Å²) in [5, 5.41) is 41.0. The molecule has 1 atom stereocenters. The molecule has 4 aromatic rings. The molecule has 2 N–H and O–H groups in total. The fourth-order valence-corrected chi connectivity index (χ4v) is 5.21. The molecular weight excluding hydrogens is 654 g/mol. The van der Waals surface area contributed by atoms with Crippen LogP contribution in [0.25, 0.3) is 0 Å². The van der Waals surface area contributed by atoms with E-state index in [1.807, 2.05) is 60.7 Å². The zero-order valence-electron chi connectivity index (χ0n) is 27.2. The van der Waals surface area contributed by atoms with Crippen molar-refractivity contribution in [2.45, 2.75) is 32.1 Å². The van der Waals surface area contributed by atoms with E-state index in [1.165, 1.54) is 31.3 Å². The SMILES string of the molecule is COc1cc([N+](=O)[O-])c(C(=O)N2CCC[C@H]2CO)cc1OCc1ccccc1.COc1cc([N+](=O)[O-])c(C(=O)O)cc1OCc1ccccc1. The molecule has 0 radical (unpaired) electrons. The molecule has 0 spiro atoms. The molecular formula is C35H35N3O12. The molecule has 15 nitrogen and oxygen atoms in total. The van der Waals surface area contributed by atoms with E-state index in [0.717, 1.165) is 29.7 Å². The molecule has 50 heavy (non-hydrogen) atoms. The monoisotopic (exact) mass is 689 g/mol. The number of carbonyl (C=O) groups is 2. The Morgan fingerprint density at radius 3 is 1.64 bits per heavy atom. The second-order valence-corrected chi connectivity index (χ2v) is 10.9. The van der Waals surface area contributed by atoms with E-state index < -0.39 is 33.0 Å². The van der Waals surface area contributed by atoms with Crippen LogP contribution in [0.5, 0.6) is 23.0 Å². The van der Waals surface area contributed by atoms with Crippen molar-refractivity contribution in [3.63, 3.8) is 0 Å². The lowest BCUT2D eigenvalue weighted by molar-refractivity contribution is -0.385. The maximum atomic E-state index is 13.0. The van der Waals surface area contributed by atoms with Crippen LogP contribution in [-0.4, -0.2) is 70.2 Å². The number of ether oxygens (including phenoxy) is 4. The zero-order valence-corrected chi connectivity index (χ0v) is 27.2. The van der Waals surface area contributed by atoms with E-state index >= 15 is 0 Å². The Bertz CT molecular complexity index is 1820. The molecule has 0 aliphatic carbocycles. The lowest BCUT2D eigenvalue weighted by Crippen LogP contribution is -2.37. The molecule has 1 aliphatic rings. The van der Waals surface area contributed by atoms with Gasteiger partial charge in [-0.2, -0.15) is 0 Å². The van der Waals surface area contributed by atoms with Crippen molar-refractivity contribution in [2.75, 3.05) is 27.4 Å².